The Hall–Kier alpha value is -0.870. The number of amidine groups is 1. The van der Waals surface area contributed by atoms with Crippen LogP contribution in [0.15, 0.2) is 6.07 Å². The van der Waals surface area contributed by atoms with Crippen LogP contribution in [-0.2, 0) is 6.42 Å². The van der Waals surface area contributed by atoms with E-state index in [9.17, 15) is 0 Å². The molecule has 0 saturated heterocycles. The van der Waals surface area contributed by atoms with Gasteiger partial charge in [-0.05, 0) is 6.07 Å². The van der Waals surface area contributed by atoms with Crippen LogP contribution in [0.4, 0.5) is 0 Å². The average molecular weight is 205 g/mol. The molecule has 0 atom stereocenters. The van der Waals surface area contributed by atoms with E-state index in [-0.39, 0.29) is 22.6 Å². The fourth-order valence-electron chi connectivity index (χ4n) is 0.717. The average Bonchev–Trinajstić information content (AvgIpc) is 1.96. The highest BCUT2D eigenvalue weighted by Crippen LogP contribution is 2.15. The van der Waals surface area contributed by atoms with Crippen LogP contribution in [0.25, 0.3) is 0 Å². The zero-order valence-corrected chi connectivity index (χ0v) is 7.52. The molecule has 0 aliphatic rings. The van der Waals surface area contributed by atoms with E-state index in [4.69, 9.17) is 34.3 Å². The van der Waals surface area contributed by atoms with Gasteiger partial charge >= 0.3 is 0 Å². The first kappa shape index (κ1) is 9.22. The Bertz CT molecular complexity index is 312. The van der Waals surface area contributed by atoms with E-state index in [0.29, 0.717) is 5.56 Å². The number of nitrogens with zero attached hydrogens (tertiary/aromatic N) is 2. The number of nitrogens with two attached hydrogens (primary N) is 1. The zero-order chi connectivity index (χ0) is 9.14. The van der Waals surface area contributed by atoms with Gasteiger partial charge < -0.3 is 5.73 Å². The minimum absolute atomic E-state index is 0.0148. The second kappa shape index (κ2) is 3.69. The third-order valence-corrected chi connectivity index (χ3v) is 1.68. The molecule has 0 saturated carbocycles. The third kappa shape index (κ3) is 2.32. The molecule has 6 heteroatoms. The number of hydrogen-bond donors (Lipinski definition) is 2. The lowest BCUT2D eigenvalue weighted by Gasteiger charge is -2.00. The number of halogens is 2. The van der Waals surface area contributed by atoms with Crippen LogP contribution in [0.2, 0.25) is 10.3 Å². The SMILES string of the molecule is N=C(N)Cc1cc(Cl)nnc1Cl. The van der Waals surface area contributed by atoms with Crippen molar-refractivity contribution in [2.24, 2.45) is 5.73 Å². The Morgan fingerprint density at radius 3 is 2.75 bits per heavy atom. The molecule has 0 unspecified atom stereocenters. The molecule has 0 amide bonds. The molecule has 0 aliphatic carbocycles. The molecule has 0 aliphatic heterocycles. The first-order valence-electron chi connectivity index (χ1n) is 3.10. The Labute approximate surface area is 79.2 Å². The van der Waals surface area contributed by atoms with Gasteiger partial charge in [-0.2, -0.15) is 0 Å². The zero-order valence-electron chi connectivity index (χ0n) is 6.01. The maximum atomic E-state index is 7.03. The summed E-state index contributed by atoms with van der Waals surface area (Å²) in [5.41, 5.74) is 5.79. The Balaban J connectivity index is 2.97. The van der Waals surface area contributed by atoms with E-state index in [1.807, 2.05) is 0 Å². The number of hydrogen-bond acceptors (Lipinski definition) is 3. The van der Waals surface area contributed by atoms with Gasteiger partial charge in [0.05, 0.1) is 5.84 Å². The summed E-state index contributed by atoms with van der Waals surface area (Å²) in [7, 11) is 0. The van der Waals surface area contributed by atoms with Crippen molar-refractivity contribution in [3.05, 3.63) is 21.9 Å². The fourth-order valence-corrected chi connectivity index (χ4v) is 1.05. The summed E-state index contributed by atoms with van der Waals surface area (Å²) < 4.78 is 0. The molecule has 3 N–H and O–H groups in total. The normalized spacial score (nSPS) is 9.83. The molecular formula is C6H6Cl2N4. The van der Waals surface area contributed by atoms with Crippen LogP contribution in [0.3, 0.4) is 0 Å². The van der Waals surface area contributed by atoms with Crippen LogP contribution >= 0.6 is 23.2 Å². The Morgan fingerprint density at radius 1 is 1.50 bits per heavy atom. The molecule has 4 nitrogen and oxygen atoms in total. The second-order valence-corrected chi connectivity index (χ2v) is 2.93. The minimum atomic E-state index is 0.0148. The molecule has 12 heavy (non-hydrogen) atoms. The molecule has 64 valence electrons. The topological polar surface area (TPSA) is 75.7 Å². The maximum absolute atomic E-state index is 7.03. The predicted molar refractivity (Wildman–Crippen MR) is 47.7 cm³/mol. The molecule has 1 aromatic rings. The van der Waals surface area contributed by atoms with E-state index in [1.165, 1.54) is 6.07 Å². The van der Waals surface area contributed by atoms with Gasteiger partial charge in [0.1, 0.15) is 0 Å². The van der Waals surface area contributed by atoms with Gasteiger partial charge in [0, 0.05) is 12.0 Å². The number of rotatable bonds is 2. The van der Waals surface area contributed by atoms with Crippen molar-refractivity contribution in [2.45, 2.75) is 6.42 Å². The van der Waals surface area contributed by atoms with E-state index in [2.05, 4.69) is 10.2 Å². The highest BCUT2D eigenvalue weighted by atomic mass is 35.5. The lowest BCUT2D eigenvalue weighted by Crippen LogP contribution is -2.13. The van der Waals surface area contributed by atoms with Gasteiger partial charge in [0.25, 0.3) is 0 Å². The highest BCUT2D eigenvalue weighted by molar-refractivity contribution is 6.31. The molecule has 1 rings (SSSR count). The van der Waals surface area contributed by atoms with E-state index in [0.717, 1.165) is 0 Å². The van der Waals surface area contributed by atoms with Gasteiger partial charge in [0.15, 0.2) is 10.3 Å². The van der Waals surface area contributed by atoms with Crippen LogP contribution in [0, 0.1) is 5.41 Å². The third-order valence-electron chi connectivity index (χ3n) is 1.17. The monoisotopic (exact) mass is 204 g/mol. The van der Waals surface area contributed by atoms with Crippen LogP contribution < -0.4 is 5.73 Å². The first-order chi connectivity index (χ1) is 5.59. The van der Waals surface area contributed by atoms with Crippen molar-refractivity contribution >= 4 is 29.0 Å². The van der Waals surface area contributed by atoms with Gasteiger partial charge in [-0.3, -0.25) is 5.41 Å². The highest BCUT2D eigenvalue weighted by Gasteiger charge is 2.04. The summed E-state index contributed by atoms with van der Waals surface area (Å²) >= 11 is 11.2. The van der Waals surface area contributed by atoms with E-state index >= 15 is 0 Å². The molecule has 0 bridgehead atoms. The summed E-state index contributed by atoms with van der Waals surface area (Å²) in [6.45, 7) is 0. The summed E-state index contributed by atoms with van der Waals surface area (Å²) in [5.74, 6) is 0.0148. The molecule has 0 radical (unpaired) electrons. The van der Waals surface area contributed by atoms with Gasteiger partial charge in [-0.25, -0.2) is 0 Å². The predicted octanol–water partition coefficient (Wildman–Crippen LogP) is 1.26. The Morgan fingerprint density at radius 2 is 2.17 bits per heavy atom. The van der Waals surface area contributed by atoms with E-state index in [1.54, 1.807) is 0 Å². The van der Waals surface area contributed by atoms with Gasteiger partial charge in [-0.15, -0.1) is 10.2 Å². The summed E-state index contributed by atoms with van der Waals surface area (Å²) in [4.78, 5) is 0. The first-order valence-corrected chi connectivity index (χ1v) is 3.85. The number of nitrogens with one attached hydrogen (secondary N) is 1. The standard InChI is InChI=1S/C6H6Cl2N4/c7-4-1-3(2-5(9)10)6(8)12-11-4/h1H,2H2,(H3,9,10). The van der Waals surface area contributed by atoms with Crippen LogP contribution in [0.5, 0.6) is 0 Å². The van der Waals surface area contributed by atoms with Crippen molar-refractivity contribution in [1.82, 2.24) is 10.2 Å². The lowest BCUT2D eigenvalue weighted by molar-refractivity contribution is 1.00. The molecule has 0 aromatic carbocycles. The summed E-state index contributed by atoms with van der Waals surface area (Å²) in [5, 5.41) is 14.6. The van der Waals surface area contributed by atoms with Crippen molar-refractivity contribution in [2.75, 3.05) is 0 Å². The largest absolute Gasteiger partial charge is 0.387 e. The molecular weight excluding hydrogens is 199 g/mol. The van der Waals surface area contributed by atoms with Gasteiger partial charge in [-0.1, -0.05) is 23.2 Å². The number of aromatic nitrogens is 2. The van der Waals surface area contributed by atoms with Crippen molar-refractivity contribution < 1.29 is 0 Å². The fraction of sp³-hybridized carbons (Fsp3) is 0.167. The summed E-state index contributed by atoms with van der Waals surface area (Å²) in [6.07, 6.45) is 0.244. The van der Waals surface area contributed by atoms with E-state index < -0.39 is 0 Å². The van der Waals surface area contributed by atoms with Gasteiger partial charge in [0.2, 0.25) is 0 Å². The van der Waals surface area contributed by atoms with Crippen LogP contribution in [-0.4, -0.2) is 16.0 Å². The lowest BCUT2D eigenvalue weighted by atomic mass is 10.2. The molecule has 0 spiro atoms. The quantitative estimate of drug-likeness (QED) is 0.563. The Kier molecular flexibility index (Phi) is 2.83. The second-order valence-electron chi connectivity index (χ2n) is 2.19. The smallest absolute Gasteiger partial charge is 0.155 e. The van der Waals surface area contributed by atoms with Crippen molar-refractivity contribution in [3.8, 4) is 0 Å². The van der Waals surface area contributed by atoms with Crippen LogP contribution in [0.1, 0.15) is 5.56 Å². The molecule has 1 heterocycles. The summed E-state index contributed by atoms with van der Waals surface area (Å²) in [6, 6.07) is 1.54. The van der Waals surface area contributed by atoms with Crippen molar-refractivity contribution in [1.29, 1.82) is 5.41 Å². The molecule has 1 aromatic heterocycles. The van der Waals surface area contributed by atoms with Crippen molar-refractivity contribution in [3.63, 3.8) is 0 Å². The maximum Gasteiger partial charge on any atom is 0.155 e. The minimum Gasteiger partial charge on any atom is -0.387 e. The molecule has 0 fully saturated rings.